The van der Waals surface area contributed by atoms with E-state index in [0.717, 1.165) is 11.1 Å². The van der Waals surface area contributed by atoms with Crippen LogP contribution in [0.1, 0.15) is 28.4 Å². The van der Waals surface area contributed by atoms with E-state index >= 15 is 0 Å². The quantitative estimate of drug-likeness (QED) is 0.714. The number of benzene rings is 2. The Kier molecular flexibility index (Phi) is 5.38. The number of amides is 2. The van der Waals surface area contributed by atoms with E-state index in [0.29, 0.717) is 24.3 Å². The molecule has 0 saturated heterocycles. The van der Waals surface area contributed by atoms with Gasteiger partial charge in [0.1, 0.15) is 12.7 Å². The van der Waals surface area contributed by atoms with E-state index in [1.807, 2.05) is 30.3 Å². The molecular weight excluding hydrogens is 330 g/mol. The first-order valence-electron chi connectivity index (χ1n) is 8.16. The molecule has 2 N–H and O–H groups in total. The highest BCUT2D eigenvalue weighted by Gasteiger charge is 2.06. The van der Waals surface area contributed by atoms with Gasteiger partial charge in [0.25, 0.3) is 5.91 Å². The third kappa shape index (κ3) is 4.76. The second-order valence-electron chi connectivity index (χ2n) is 5.85. The zero-order valence-corrected chi connectivity index (χ0v) is 14.3. The van der Waals surface area contributed by atoms with Crippen LogP contribution in [0.5, 0.6) is 0 Å². The van der Waals surface area contributed by atoms with Crippen LogP contribution in [0.15, 0.2) is 61.2 Å². The van der Waals surface area contributed by atoms with Crippen molar-refractivity contribution < 1.29 is 9.59 Å². The van der Waals surface area contributed by atoms with E-state index in [2.05, 4.69) is 20.7 Å². The van der Waals surface area contributed by atoms with Gasteiger partial charge in [-0.25, -0.2) is 9.67 Å². The first-order chi connectivity index (χ1) is 12.6. The maximum absolute atomic E-state index is 12.3. The molecule has 1 aromatic heterocycles. The van der Waals surface area contributed by atoms with Crippen LogP contribution in [-0.2, 0) is 17.9 Å². The zero-order chi connectivity index (χ0) is 18.4. The fourth-order valence-electron chi connectivity index (χ4n) is 2.51. The van der Waals surface area contributed by atoms with Crippen LogP contribution in [0.3, 0.4) is 0 Å². The molecule has 0 saturated carbocycles. The van der Waals surface area contributed by atoms with Crippen molar-refractivity contribution in [3.05, 3.63) is 77.9 Å². The monoisotopic (exact) mass is 349 g/mol. The van der Waals surface area contributed by atoms with Crippen LogP contribution < -0.4 is 10.6 Å². The number of nitrogens with one attached hydrogen (secondary N) is 2. The summed E-state index contributed by atoms with van der Waals surface area (Å²) in [5, 5.41) is 9.66. The number of hydrogen-bond donors (Lipinski definition) is 2. The highest BCUT2D eigenvalue weighted by atomic mass is 16.2. The van der Waals surface area contributed by atoms with Crippen LogP contribution >= 0.6 is 0 Å². The van der Waals surface area contributed by atoms with Crippen molar-refractivity contribution in [3.8, 4) is 0 Å². The van der Waals surface area contributed by atoms with Crippen LogP contribution in [-0.4, -0.2) is 26.6 Å². The van der Waals surface area contributed by atoms with Gasteiger partial charge in [-0.1, -0.05) is 24.3 Å². The first kappa shape index (κ1) is 17.3. The Morgan fingerprint density at radius 1 is 1.08 bits per heavy atom. The number of hydrogen-bond acceptors (Lipinski definition) is 4. The summed E-state index contributed by atoms with van der Waals surface area (Å²) in [5.41, 5.74) is 3.24. The zero-order valence-electron chi connectivity index (χ0n) is 14.3. The molecule has 132 valence electrons. The Morgan fingerprint density at radius 3 is 2.58 bits per heavy atom. The largest absolute Gasteiger partial charge is 0.348 e. The van der Waals surface area contributed by atoms with Crippen LogP contribution in [0.4, 0.5) is 5.69 Å². The molecular formula is C19H19N5O2. The predicted molar refractivity (Wildman–Crippen MR) is 97.5 cm³/mol. The Morgan fingerprint density at radius 2 is 1.88 bits per heavy atom. The summed E-state index contributed by atoms with van der Waals surface area (Å²) >= 11 is 0. The molecule has 7 nitrogen and oxygen atoms in total. The van der Waals surface area contributed by atoms with Gasteiger partial charge in [0, 0.05) is 24.7 Å². The second-order valence-corrected chi connectivity index (χ2v) is 5.85. The molecule has 0 spiro atoms. The maximum atomic E-state index is 12.3. The molecule has 1 heterocycles. The van der Waals surface area contributed by atoms with Gasteiger partial charge in [-0.3, -0.25) is 9.59 Å². The summed E-state index contributed by atoms with van der Waals surface area (Å²) in [5.74, 6) is -0.278. The van der Waals surface area contributed by atoms with Gasteiger partial charge in [0.05, 0.1) is 6.54 Å². The lowest BCUT2D eigenvalue weighted by Crippen LogP contribution is -2.22. The molecule has 0 atom stereocenters. The minimum absolute atomic E-state index is 0.128. The fourth-order valence-corrected chi connectivity index (χ4v) is 2.51. The van der Waals surface area contributed by atoms with Gasteiger partial charge in [-0.05, 0) is 35.4 Å². The maximum Gasteiger partial charge on any atom is 0.251 e. The molecule has 2 aromatic carbocycles. The van der Waals surface area contributed by atoms with E-state index in [4.69, 9.17) is 0 Å². The van der Waals surface area contributed by atoms with Crippen molar-refractivity contribution in [2.24, 2.45) is 0 Å². The molecule has 0 aliphatic carbocycles. The average Bonchev–Trinajstić information content (AvgIpc) is 3.13. The molecule has 0 fully saturated rings. The number of aromatic nitrogens is 3. The molecule has 0 bridgehead atoms. The molecule has 26 heavy (non-hydrogen) atoms. The molecule has 0 aliphatic heterocycles. The lowest BCUT2D eigenvalue weighted by atomic mass is 10.1. The number of carbonyl (C=O) groups is 2. The molecule has 0 radical (unpaired) electrons. The number of nitrogens with zero attached hydrogens (tertiary/aromatic N) is 3. The standard InChI is InChI=1S/C19H19N5O2/c1-14(25)23-18-4-2-3-16(9-18)10-21-19(26)17-7-5-15(6-8-17)11-24-13-20-12-22-24/h2-9,12-13H,10-11H2,1H3,(H,21,26)(H,23,25). The lowest BCUT2D eigenvalue weighted by molar-refractivity contribution is -0.114. The lowest BCUT2D eigenvalue weighted by Gasteiger charge is -2.08. The summed E-state index contributed by atoms with van der Waals surface area (Å²) in [6.45, 7) is 2.45. The Bertz CT molecular complexity index is 889. The Labute approximate surface area is 151 Å². The summed E-state index contributed by atoms with van der Waals surface area (Å²) in [7, 11) is 0. The number of carbonyl (C=O) groups excluding carboxylic acids is 2. The summed E-state index contributed by atoms with van der Waals surface area (Å²) in [4.78, 5) is 27.3. The van der Waals surface area contributed by atoms with Crippen LogP contribution in [0, 0.1) is 0 Å². The van der Waals surface area contributed by atoms with Crippen molar-refractivity contribution >= 4 is 17.5 Å². The van der Waals surface area contributed by atoms with E-state index in [-0.39, 0.29) is 11.8 Å². The van der Waals surface area contributed by atoms with E-state index in [1.165, 1.54) is 13.3 Å². The minimum atomic E-state index is -0.151. The van der Waals surface area contributed by atoms with Crippen LogP contribution in [0.25, 0.3) is 0 Å². The molecule has 0 unspecified atom stereocenters. The second kappa shape index (κ2) is 8.06. The fraction of sp³-hybridized carbons (Fsp3) is 0.158. The Balaban J connectivity index is 1.57. The third-order valence-corrected chi connectivity index (χ3v) is 3.73. The minimum Gasteiger partial charge on any atom is -0.348 e. The third-order valence-electron chi connectivity index (χ3n) is 3.73. The summed E-state index contributed by atoms with van der Waals surface area (Å²) < 4.78 is 1.72. The topological polar surface area (TPSA) is 88.9 Å². The molecule has 3 rings (SSSR count). The predicted octanol–water partition coefficient (Wildman–Crippen LogP) is 2.21. The van der Waals surface area contributed by atoms with Crippen molar-refractivity contribution in [2.45, 2.75) is 20.0 Å². The molecule has 0 aliphatic rings. The van der Waals surface area contributed by atoms with Gasteiger partial charge < -0.3 is 10.6 Å². The highest BCUT2D eigenvalue weighted by molar-refractivity contribution is 5.94. The smallest absolute Gasteiger partial charge is 0.251 e. The Hall–Kier alpha value is -3.48. The highest BCUT2D eigenvalue weighted by Crippen LogP contribution is 2.11. The SMILES string of the molecule is CC(=O)Nc1cccc(CNC(=O)c2ccc(Cn3cncn3)cc2)c1. The summed E-state index contributed by atoms with van der Waals surface area (Å²) in [6.07, 6.45) is 3.14. The van der Waals surface area contributed by atoms with Crippen molar-refractivity contribution in [1.82, 2.24) is 20.1 Å². The van der Waals surface area contributed by atoms with Crippen LogP contribution in [0.2, 0.25) is 0 Å². The summed E-state index contributed by atoms with van der Waals surface area (Å²) in [6, 6.07) is 14.7. The van der Waals surface area contributed by atoms with Gasteiger partial charge in [0.15, 0.2) is 0 Å². The van der Waals surface area contributed by atoms with Crippen molar-refractivity contribution in [2.75, 3.05) is 5.32 Å². The van der Waals surface area contributed by atoms with Crippen molar-refractivity contribution in [1.29, 1.82) is 0 Å². The van der Waals surface area contributed by atoms with Gasteiger partial charge >= 0.3 is 0 Å². The van der Waals surface area contributed by atoms with Gasteiger partial charge in [-0.2, -0.15) is 5.10 Å². The molecule has 2 amide bonds. The molecule has 7 heteroatoms. The number of anilines is 1. The number of rotatable bonds is 6. The van der Waals surface area contributed by atoms with E-state index in [1.54, 1.807) is 29.2 Å². The van der Waals surface area contributed by atoms with E-state index < -0.39 is 0 Å². The van der Waals surface area contributed by atoms with Crippen molar-refractivity contribution in [3.63, 3.8) is 0 Å². The van der Waals surface area contributed by atoms with E-state index in [9.17, 15) is 9.59 Å². The van der Waals surface area contributed by atoms with Gasteiger partial charge in [0.2, 0.25) is 5.91 Å². The molecule has 3 aromatic rings. The first-order valence-corrected chi connectivity index (χ1v) is 8.16. The average molecular weight is 349 g/mol. The normalized spacial score (nSPS) is 10.3. The van der Waals surface area contributed by atoms with Gasteiger partial charge in [-0.15, -0.1) is 0 Å².